The standard InChI is InChI=1S/C17H30F3NO3S.C2H3ClO/c1-2-3-4-5-6-7-8-9-10-11-12-25-13-14(15(22)23)21-16(24)17(18,19)20;3-1-2-4/h14H,2-13H2,1H3,(H,21,24)(H,22,23);2H,1H2. The molecule has 0 aliphatic rings. The zero-order valence-electron chi connectivity index (χ0n) is 16.9. The van der Waals surface area contributed by atoms with Gasteiger partial charge in [0.1, 0.15) is 12.3 Å². The number of rotatable bonds is 16. The SMILES string of the molecule is CCCCCCCCCCCCSCC(NC(=O)C(F)(F)F)C(=O)O.O=CCCl. The lowest BCUT2D eigenvalue weighted by Crippen LogP contribution is -2.48. The maximum atomic E-state index is 12.1. The summed E-state index contributed by atoms with van der Waals surface area (Å²) in [7, 11) is 0. The fourth-order valence-electron chi connectivity index (χ4n) is 2.31. The second kappa shape index (κ2) is 20.3. The lowest BCUT2D eigenvalue weighted by molar-refractivity contribution is -0.175. The van der Waals surface area contributed by atoms with E-state index in [-0.39, 0.29) is 11.6 Å². The van der Waals surface area contributed by atoms with Crippen LogP contribution in [0.15, 0.2) is 0 Å². The number of carbonyl (C=O) groups is 3. The fraction of sp³-hybridized carbons (Fsp3) is 0.842. The molecule has 0 aromatic rings. The molecule has 0 bridgehead atoms. The molecule has 0 radical (unpaired) electrons. The molecule has 0 aromatic carbocycles. The molecular weight excluding hydrogens is 431 g/mol. The Bertz CT molecular complexity index is 440. The summed E-state index contributed by atoms with van der Waals surface area (Å²) >= 11 is 6.07. The number of hydrogen-bond acceptors (Lipinski definition) is 4. The van der Waals surface area contributed by atoms with E-state index in [9.17, 15) is 22.8 Å². The van der Waals surface area contributed by atoms with Crippen molar-refractivity contribution in [3.8, 4) is 0 Å². The molecule has 0 fully saturated rings. The van der Waals surface area contributed by atoms with E-state index in [0.29, 0.717) is 12.0 Å². The summed E-state index contributed by atoms with van der Waals surface area (Å²) < 4.78 is 36.4. The molecule has 0 saturated carbocycles. The molecule has 10 heteroatoms. The lowest BCUT2D eigenvalue weighted by Gasteiger charge is -2.15. The molecule has 0 rings (SSSR count). The highest BCUT2D eigenvalue weighted by atomic mass is 35.5. The molecule has 1 unspecified atom stereocenters. The van der Waals surface area contributed by atoms with Crippen LogP contribution in [0.2, 0.25) is 0 Å². The van der Waals surface area contributed by atoms with Crippen LogP contribution in [-0.4, -0.2) is 52.9 Å². The van der Waals surface area contributed by atoms with Crippen molar-refractivity contribution in [1.82, 2.24) is 5.32 Å². The van der Waals surface area contributed by atoms with Gasteiger partial charge in [-0.25, -0.2) is 4.79 Å². The number of hydrogen-bond donors (Lipinski definition) is 2. The first-order chi connectivity index (χ1) is 13.7. The van der Waals surface area contributed by atoms with Gasteiger partial charge in [-0.05, 0) is 12.2 Å². The van der Waals surface area contributed by atoms with Gasteiger partial charge < -0.3 is 15.2 Å². The van der Waals surface area contributed by atoms with Crippen LogP contribution in [0, 0.1) is 0 Å². The summed E-state index contributed by atoms with van der Waals surface area (Å²) in [6, 6.07) is -1.51. The van der Waals surface area contributed by atoms with E-state index in [2.05, 4.69) is 6.92 Å². The van der Waals surface area contributed by atoms with Crippen LogP contribution in [0.5, 0.6) is 0 Å². The molecule has 2 N–H and O–H groups in total. The first kappa shape index (κ1) is 30.2. The van der Waals surface area contributed by atoms with Crippen molar-refractivity contribution in [2.75, 3.05) is 17.4 Å². The van der Waals surface area contributed by atoms with Crippen molar-refractivity contribution in [1.29, 1.82) is 0 Å². The zero-order chi connectivity index (χ0) is 22.5. The molecule has 0 saturated heterocycles. The summed E-state index contributed by atoms with van der Waals surface area (Å²) in [6.45, 7) is 2.20. The second-order valence-electron chi connectivity index (χ2n) is 6.44. The van der Waals surface area contributed by atoms with Crippen LogP contribution in [0.3, 0.4) is 0 Å². The number of nitrogens with one attached hydrogen (secondary N) is 1. The number of halogens is 4. The smallest absolute Gasteiger partial charge is 0.471 e. The Kier molecular flexibility index (Phi) is 21.2. The van der Waals surface area contributed by atoms with Gasteiger partial charge in [-0.3, -0.25) is 4.79 Å². The minimum Gasteiger partial charge on any atom is -0.480 e. The van der Waals surface area contributed by atoms with Gasteiger partial charge in [0.25, 0.3) is 0 Å². The summed E-state index contributed by atoms with van der Waals surface area (Å²) in [5.41, 5.74) is 0. The number of unbranched alkanes of at least 4 members (excludes halogenated alkanes) is 9. The molecule has 5 nitrogen and oxygen atoms in total. The third-order valence-corrected chi connectivity index (χ3v) is 5.12. The van der Waals surface area contributed by atoms with Crippen molar-refractivity contribution in [2.24, 2.45) is 0 Å². The Morgan fingerprint density at radius 1 is 1.03 bits per heavy atom. The van der Waals surface area contributed by atoms with Crippen LogP contribution < -0.4 is 5.32 Å². The van der Waals surface area contributed by atoms with Gasteiger partial charge >= 0.3 is 18.1 Å². The van der Waals surface area contributed by atoms with Gasteiger partial charge in [0.15, 0.2) is 0 Å². The van der Waals surface area contributed by atoms with Crippen LogP contribution in [-0.2, 0) is 14.4 Å². The van der Waals surface area contributed by atoms with Crippen LogP contribution in [0.1, 0.15) is 71.1 Å². The Balaban J connectivity index is 0. The quantitative estimate of drug-likeness (QED) is 0.187. The minimum atomic E-state index is -5.06. The van der Waals surface area contributed by atoms with E-state index in [0.717, 1.165) is 19.3 Å². The van der Waals surface area contributed by atoms with E-state index in [1.807, 2.05) is 0 Å². The van der Waals surface area contributed by atoms with Crippen LogP contribution in [0.4, 0.5) is 13.2 Å². The number of thioether (sulfide) groups is 1. The summed E-state index contributed by atoms with van der Waals surface area (Å²) in [6.07, 6.45) is 7.50. The van der Waals surface area contributed by atoms with Crippen LogP contribution in [0.25, 0.3) is 0 Å². The molecule has 1 atom stereocenters. The van der Waals surface area contributed by atoms with Gasteiger partial charge in [0.05, 0.1) is 5.88 Å². The van der Waals surface area contributed by atoms with Gasteiger partial charge in [-0.1, -0.05) is 64.7 Å². The number of aliphatic carboxylic acids is 1. The van der Waals surface area contributed by atoms with Crippen molar-refractivity contribution in [3.05, 3.63) is 0 Å². The number of alkyl halides is 4. The molecule has 0 aromatic heterocycles. The molecule has 172 valence electrons. The summed E-state index contributed by atoms with van der Waals surface area (Å²) in [5, 5.41) is 10.4. The first-order valence-corrected chi connectivity index (χ1v) is 11.6. The highest BCUT2D eigenvalue weighted by molar-refractivity contribution is 7.99. The number of amides is 1. The fourth-order valence-corrected chi connectivity index (χ4v) is 3.34. The number of carbonyl (C=O) groups excluding carboxylic acids is 2. The summed E-state index contributed by atoms with van der Waals surface area (Å²) in [4.78, 5) is 30.7. The van der Waals surface area contributed by atoms with Crippen molar-refractivity contribution < 1.29 is 32.7 Å². The third kappa shape index (κ3) is 21.6. The monoisotopic (exact) mass is 463 g/mol. The maximum Gasteiger partial charge on any atom is 0.471 e. The zero-order valence-corrected chi connectivity index (χ0v) is 18.5. The normalized spacial score (nSPS) is 11.9. The van der Waals surface area contributed by atoms with Gasteiger partial charge in [-0.15, -0.1) is 11.6 Å². The highest BCUT2D eigenvalue weighted by Gasteiger charge is 2.40. The predicted molar refractivity (Wildman–Crippen MR) is 112 cm³/mol. The average Bonchev–Trinajstić information content (AvgIpc) is 2.66. The van der Waals surface area contributed by atoms with Crippen molar-refractivity contribution in [3.63, 3.8) is 0 Å². The Hall–Kier alpha value is -0.960. The lowest BCUT2D eigenvalue weighted by atomic mass is 10.1. The third-order valence-electron chi connectivity index (χ3n) is 3.85. The van der Waals surface area contributed by atoms with Crippen molar-refractivity contribution in [2.45, 2.75) is 83.4 Å². The highest BCUT2D eigenvalue weighted by Crippen LogP contribution is 2.16. The number of aldehydes is 1. The second-order valence-corrected chi connectivity index (χ2v) is 7.90. The number of carboxylic acid groups (broad SMARTS) is 1. The van der Waals surface area contributed by atoms with E-state index in [4.69, 9.17) is 21.5 Å². The topological polar surface area (TPSA) is 83.5 Å². The Labute approximate surface area is 180 Å². The molecule has 0 heterocycles. The van der Waals surface area contributed by atoms with Gasteiger partial charge in [0, 0.05) is 5.75 Å². The number of carboxylic acids is 1. The Morgan fingerprint density at radius 2 is 1.48 bits per heavy atom. The predicted octanol–water partition coefficient (Wildman–Crippen LogP) is 5.20. The molecular formula is C19H33ClF3NO4S. The Morgan fingerprint density at radius 3 is 1.86 bits per heavy atom. The summed E-state index contributed by atoms with van der Waals surface area (Å²) in [5.74, 6) is -2.93. The molecule has 0 aliphatic heterocycles. The molecule has 1 amide bonds. The van der Waals surface area contributed by atoms with Gasteiger partial charge in [0.2, 0.25) is 0 Å². The maximum absolute atomic E-state index is 12.1. The van der Waals surface area contributed by atoms with E-state index >= 15 is 0 Å². The van der Waals surface area contributed by atoms with E-state index < -0.39 is 24.1 Å². The van der Waals surface area contributed by atoms with Crippen molar-refractivity contribution >= 4 is 41.5 Å². The molecule has 0 aliphatic carbocycles. The first-order valence-electron chi connectivity index (χ1n) is 9.88. The van der Waals surface area contributed by atoms with Gasteiger partial charge in [-0.2, -0.15) is 24.9 Å². The average molecular weight is 464 g/mol. The molecule has 29 heavy (non-hydrogen) atoms. The van der Waals surface area contributed by atoms with E-state index in [1.165, 1.54) is 62.0 Å². The van der Waals surface area contributed by atoms with Crippen LogP contribution >= 0.6 is 23.4 Å². The minimum absolute atomic E-state index is 0.0609. The molecule has 0 spiro atoms. The largest absolute Gasteiger partial charge is 0.480 e. The van der Waals surface area contributed by atoms with E-state index in [1.54, 1.807) is 0 Å².